The molecule has 2 unspecified atom stereocenters. The van der Waals surface area contributed by atoms with Gasteiger partial charge in [-0.15, -0.1) is 0 Å². The average molecular weight is 337 g/mol. The molecule has 5 nitrogen and oxygen atoms in total. The van der Waals surface area contributed by atoms with Crippen molar-refractivity contribution < 1.29 is 4.74 Å². The summed E-state index contributed by atoms with van der Waals surface area (Å²) in [6, 6.07) is 5.41. The topological polar surface area (TPSA) is 84.0 Å². The summed E-state index contributed by atoms with van der Waals surface area (Å²) < 4.78 is 5.97. The van der Waals surface area contributed by atoms with E-state index in [0.717, 1.165) is 11.1 Å². The predicted octanol–water partition coefficient (Wildman–Crippen LogP) is 4.46. The second-order valence-electron chi connectivity index (χ2n) is 5.39. The van der Waals surface area contributed by atoms with Crippen molar-refractivity contribution in [2.24, 2.45) is 10.8 Å². The van der Waals surface area contributed by atoms with Gasteiger partial charge in [-0.3, -0.25) is 0 Å². The first-order chi connectivity index (χ1) is 10.6. The third-order valence-corrected chi connectivity index (χ3v) is 4.79. The van der Waals surface area contributed by atoms with Crippen LogP contribution >= 0.6 is 23.2 Å². The van der Waals surface area contributed by atoms with Crippen molar-refractivity contribution in [3.63, 3.8) is 0 Å². The first-order valence-electron chi connectivity index (χ1n) is 6.87. The van der Waals surface area contributed by atoms with Gasteiger partial charge in [-0.05, 0) is 29.2 Å². The van der Waals surface area contributed by atoms with E-state index in [1.165, 1.54) is 0 Å². The zero-order valence-corrected chi connectivity index (χ0v) is 13.2. The molecule has 0 fully saturated rings. The number of rotatable bonds is 3. The normalized spacial score (nSPS) is 26.4. The maximum Gasteiger partial charge on any atom is 0.124 e. The smallest absolute Gasteiger partial charge is 0.124 e. The molecule has 1 aromatic rings. The minimum absolute atomic E-state index is 0.190. The molecule has 1 aromatic carbocycles. The summed E-state index contributed by atoms with van der Waals surface area (Å²) in [5.41, 5.74) is 16.0. The van der Waals surface area contributed by atoms with Crippen LogP contribution in [0, 0.1) is 0 Å². The highest BCUT2D eigenvalue weighted by atomic mass is 35.5. The second kappa shape index (κ2) is 5.86. The molecule has 3 rings (SSSR count). The summed E-state index contributed by atoms with van der Waals surface area (Å²) in [5.74, 6) is 0.692. The number of ether oxygens (including phenoxy) is 1. The molecule has 0 spiro atoms. The maximum absolute atomic E-state index is 8.45. The minimum atomic E-state index is -0.850. The van der Waals surface area contributed by atoms with Crippen LogP contribution in [0.1, 0.15) is 18.4 Å². The number of hydrogen-bond donors (Lipinski definition) is 1. The lowest BCUT2D eigenvalue weighted by Crippen LogP contribution is -2.41. The van der Waals surface area contributed by atoms with Crippen LogP contribution in [0.5, 0.6) is 0 Å². The Labute approximate surface area is 138 Å². The number of halogens is 2. The standard InChI is InChI=1S/C15H14Cl2N4O/c16-12-5-1-4-11(13(12)17)15(18)6-2-3-9-7-10(8-20-21-19)22-14(9)15/h1-5,10H,6-8,18H2. The summed E-state index contributed by atoms with van der Waals surface area (Å²) in [6.07, 6.45) is 5.07. The van der Waals surface area contributed by atoms with E-state index in [0.29, 0.717) is 28.6 Å². The molecule has 0 amide bonds. The summed E-state index contributed by atoms with van der Waals surface area (Å²) in [5, 5.41) is 4.48. The van der Waals surface area contributed by atoms with Gasteiger partial charge in [-0.25, -0.2) is 0 Å². The molecule has 0 saturated carbocycles. The molecule has 1 aliphatic carbocycles. The molecule has 0 radical (unpaired) electrons. The Morgan fingerprint density at radius 2 is 2.27 bits per heavy atom. The van der Waals surface area contributed by atoms with E-state index in [-0.39, 0.29) is 12.6 Å². The van der Waals surface area contributed by atoms with Gasteiger partial charge in [0.05, 0.1) is 16.6 Å². The Hall–Kier alpha value is -1.65. The van der Waals surface area contributed by atoms with E-state index in [4.69, 9.17) is 39.2 Å². The fourth-order valence-electron chi connectivity index (χ4n) is 2.95. The van der Waals surface area contributed by atoms with Gasteiger partial charge in [-0.1, -0.05) is 52.6 Å². The lowest BCUT2D eigenvalue weighted by atomic mass is 9.80. The van der Waals surface area contributed by atoms with Gasteiger partial charge in [0, 0.05) is 11.3 Å². The SMILES string of the molecule is [N-]=[N+]=NCC1CC2=C(O1)C(N)(c1cccc(Cl)c1Cl)CC=C2. The largest absolute Gasteiger partial charge is 0.492 e. The van der Waals surface area contributed by atoms with Gasteiger partial charge < -0.3 is 10.5 Å². The molecule has 1 aliphatic heterocycles. The van der Waals surface area contributed by atoms with Crippen LogP contribution in [0.15, 0.2) is 46.8 Å². The highest BCUT2D eigenvalue weighted by Gasteiger charge is 2.42. The van der Waals surface area contributed by atoms with Gasteiger partial charge in [-0.2, -0.15) is 0 Å². The van der Waals surface area contributed by atoms with Crippen LogP contribution in [-0.4, -0.2) is 12.6 Å². The van der Waals surface area contributed by atoms with E-state index >= 15 is 0 Å². The molecule has 2 N–H and O–H groups in total. The maximum atomic E-state index is 8.45. The van der Waals surface area contributed by atoms with Crippen molar-refractivity contribution in [3.8, 4) is 0 Å². The molecule has 0 aromatic heterocycles. The molecule has 2 aliphatic rings. The molecule has 114 valence electrons. The van der Waals surface area contributed by atoms with Gasteiger partial charge in [0.15, 0.2) is 0 Å². The Balaban J connectivity index is 1.99. The predicted molar refractivity (Wildman–Crippen MR) is 86.6 cm³/mol. The number of allylic oxidation sites excluding steroid dienone is 1. The Kier molecular flexibility index (Phi) is 4.06. The molecular weight excluding hydrogens is 323 g/mol. The zero-order chi connectivity index (χ0) is 15.7. The first-order valence-corrected chi connectivity index (χ1v) is 7.63. The number of nitrogens with two attached hydrogens (primary N) is 1. The molecule has 0 bridgehead atoms. The van der Waals surface area contributed by atoms with Crippen molar-refractivity contribution in [1.82, 2.24) is 0 Å². The lowest BCUT2D eigenvalue weighted by Gasteiger charge is -2.33. The summed E-state index contributed by atoms with van der Waals surface area (Å²) in [6.45, 7) is 0.275. The fourth-order valence-corrected chi connectivity index (χ4v) is 3.42. The van der Waals surface area contributed by atoms with Crippen molar-refractivity contribution in [1.29, 1.82) is 0 Å². The summed E-state index contributed by atoms with van der Waals surface area (Å²) >= 11 is 12.5. The lowest BCUT2D eigenvalue weighted by molar-refractivity contribution is 0.116. The van der Waals surface area contributed by atoms with Gasteiger partial charge in [0.2, 0.25) is 0 Å². The summed E-state index contributed by atoms with van der Waals surface area (Å²) in [7, 11) is 0. The molecule has 2 atom stereocenters. The van der Waals surface area contributed by atoms with Crippen LogP contribution in [0.25, 0.3) is 10.4 Å². The second-order valence-corrected chi connectivity index (χ2v) is 6.18. The summed E-state index contributed by atoms with van der Waals surface area (Å²) in [4.78, 5) is 2.78. The van der Waals surface area contributed by atoms with Crippen LogP contribution < -0.4 is 5.73 Å². The third kappa shape index (κ3) is 2.46. The third-order valence-electron chi connectivity index (χ3n) is 3.97. The molecule has 7 heteroatoms. The highest BCUT2D eigenvalue weighted by molar-refractivity contribution is 6.42. The van der Waals surface area contributed by atoms with E-state index in [9.17, 15) is 0 Å². The average Bonchev–Trinajstić information content (AvgIpc) is 2.92. The quantitative estimate of drug-likeness (QED) is 0.502. The van der Waals surface area contributed by atoms with Crippen LogP contribution in [0.3, 0.4) is 0 Å². The van der Waals surface area contributed by atoms with Gasteiger partial charge in [0.1, 0.15) is 17.4 Å². The van der Waals surface area contributed by atoms with Gasteiger partial charge in [0.25, 0.3) is 0 Å². The van der Waals surface area contributed by atoms with Crippen molar-refractivity contribution in [2.75, 3.05) is 6.54 Å². The molecule has 22 heavy (non-hydrogen) atoms. The van der Waals surface area contributed by atoms with E-state index < -0.39 is 5.54 Å². The fraction of sp³-hybridized carbons (Fsp3) is 0.333. The van der Waals surface area contributed by atoms with Crippen LogP contribution in [0.2, 0.25) is 10.0 Å². The van der Waals surface area contributed by atoms with Crippen molar-refractivity contribution in [3.05, 3.63) is 67.7 Å². The number of hydrogen-bond acceptors (Lipinski definition) is 3. The Bertz CT molecular complexity index is 724. The number of azide groups is 1. The van der Waals surface area contributed by atoms with Crippen LogP contribution in [-0.2, 0) is 10.3 Å². The number of benzene rings is 1. The molecule has 1 heterocycles. The van der Waals surface area contributed by atoms with Crippen molar-refractivity contribution >= 4 is 23.2 Å². The minimum Gasteiger partial charge on any atom is -0.492 e. The Morgan fingerprint density at radius 3 is 3.05 bits per heavy atom. The Morgan fingerprint density at radius 1 is 1.45 bits per heavy atom. The van der Waals surface area contributed by atoms with Crippen molar-refractivity contribution in [2.45, 2.75) is 24.5 Å². The zero-order valence-electron chi connectivity index (χ0n) is 11.7. The van der Waals surface area contributed by atoms with Gasteiger partial charge >= 0.3 is 0 Å². The van der Waals surface area contributed by atoms with E-state index in [1.54, 1.807) is 6.07 Å². The number of nitrogens with zero attached hydrogens (tertiary/aromatic N) is 3. The molecule has 0 saturated heterocycles. The highest BCUT2D eigenvalue weighted by Crippen LogP contribution is 2.46. The van der Waals surface area contributed by atoms with E-state index in [2.05, 4.69) is 10.0 Å². The monoisotopic (exact) mass is 336 g/mol. The van der Waals surface area contributed by atoms with Crippen LogP contribution in [0.4, 0.5) is 0 Å². The van der Waals surface area contributed by atoms with E-state index in [1.807, 2.05) is 24.3 Å². The molecular formula is C15H14Cl2N4O. The first kappa shape index (κ1) is 15.3.